The molecule has 0 amide bonds. The van der Waals surface area contributed by atoms with Crippen LogP contribution in [0.2, 0.25) is 0 Å². The number of hydrogen-bond donors (Lipinski definition) is 3. The van der Waals surface area contributed by atoms with Crippen molar-refractivity contribution in [3.05, 3.63) is 108 Å². The molecule has 4 rings (SSSR count). The summed E-state index contributed by atoms with van der Waals surface area (Å²) in [6.07, 6.45) is 7.84. The standard InChI is InChI=1S/C26H25N3OS/c31-26(28-22-8-2-1-3-9-22)29-23-14-12-20(13-15-23)16-18-30-25-11-5-4-10-24(25)21-7-6-17-27-19-21/h1-6,8-15,17,19,27H,7,16,18H2,(H2,28,29,31). The number of rotatable bonds is 7. The molecule has 156 valence electrons. The van der Waals surface area contributed by atoms with Gasteiger partial charge in [-0.3, -0.25) is 0 Å². The molecule has 0 aromatic heterocycles. The van der Waals surface area contributed by atoms with Gasteiger partial charge in [-0.1, -0.05) is 54.6 Å². The zero-order valence-electron chi connectivity index (χ0n) is 17.2. The lowest BCUT2D eigenvalue weighted by molar-refractivity contribution is 0.321. The number of anilines is 2. The van der Waals surface area contributed by atoms with Gasteiger partial charge in [-0.05, 0) is 66.3 Å². The van der Waals surface area contributed by atoms with Crippen LogP contribution in [0.25, 0.3) is 5.57 Å². The van der Waals surface area contributed by atoms with Crippen LogP contribution in [0.4, 0.5) is 11.4 Å². The van der Waals surface area contributed by atoms with Gasteiger partial charge in [0.25, 0.3) is 0 Å². The summed E-state index contributed by atoms with van der Waals surface area (Å²) < 4.78 is 6.12. The van der Waals surface area contributed by atoms with Crippen LogP contribution in [-0.4, -0.2) is 11.7 Å². The van der Waals surface area contributed by atoms with Crippen molar-refractivity contribution >= 4 is 34.3 Å². The fourth-order valence-corrected chi connectivity index (χ4v) is 3.59. The lowest BCUT2D eigenvalue weighted by atomic mass is 10.0. The third-order valence-electron chi connectivity index (χ3n) is 4.93. The van der Waals surface area contributed by atoms with Gasteiger partial charge in [-0.15, -0.1) is 0 Å². The van der Waals surface area contributed by atoms with E-state index < -0.39 is 0 Å². The highest BCUT2D eigenvalue weighted by molar-refractivity contribution is 7.80. The molecule has 5 heteroatoms. The number of hydrogen-bond acceptors (Lipinski definition) is 3. The van der Waals surface area contributed by atoms with E-state index in [1.54, 1.807) is 0 Å². The van der Waals surface area contributed by atoms with Crippen LogP contribution in [0.5, 0.6) is 5.75 Å². The Bertz CT molecular complexity index is 1080. The van der Waals surface area contributed by atoms with E-state index in [9.17, 15) is 0 Å². The van der Waals surface area contributed by atoms with E-state index in [1.807, 2.05) is 73.1 Å². The van der Waals surface area contributed by atoms with Gasteiger partial charge < -0.3 is 20.7 Å². The summed E-state index contributed by atoms with van der Waals surface area (Å²) in [5.74, 6) is 0.918. The van der Waals surface area contributed by atoms with Crippen LogP contribution < -0.4 is 20.7 Å². The topological polar surface area (TPSA) is 45.3 Å². The molecule has 3 aromatic rings. The SMILES string of the molecule is S=C(Nc1ccccc1)Nc1ccc(CCOc2ccccc2C2=CNC=CC2)cc1. The Hall–Kier alpha value is -3.57. The molecule has 31 heavy (non-hydrogen) atoms. The van der Waals surface area contributed by atoms with E-state index in [4.69, 9.17) is 17.0 Å². The van der Waals surface area contributed by atoms with Gasteiger partial charge in [-0.25, -0.2) is 0 Å². The Labute approximate surface area is 188 Å². The molecule has 0 spiro atoms. The molecular formula is C26H25N3OS. The van der Waals surface area contributed by atoms with Crippen molar-refractivity contribution in [2.45, 2.75) is 12.8 Å². The van der Waals surface area contributed by atoms with Gasteiger partial charge in [0, 0.05) is 29.6 Å². The monoisotopic (exact) mass is 427 g/mol. The zero-order chi connectivity index (χ0) is 21.3. The molecule has 4 nitrogen and oxygen atoms in total. The molecule has 0 unspecified atom stereocenters. The number of dihydropyridines is 1. The normalized spacial score (nSPS) is 12.5. The van der Waals surface area contributed by atoms with E-state index in [0.29, 0.717) is 11.7 Å². The summed E-state index contributed by atoms with van der Waals surface area (Å²) in [6.45, 7) is 0.619. The lowest BCUT2D eigenvalue weighted by Gasteiger charge is -2.15. The van der Waals surface area contributed by atoms with E-state index in [0.717, 1.165) is 35.5 Å². The van der Waals surface area contributed by atoms with E-state index in [-0.39, 0.29) is 0 Å². The fourth-order valence-electron chi connectivity index (χ4n) is 3.36. The molecule has 3 N–H and O–H groups in total. The highest BCUT2D eigenvalue weighted by Crippen LogP contribution is 2.29. The summed E-state index contributed by atoms with van der Waals surface area (Å²) in [5, 5.41) is 10.1. The number of para-hydroxylation sites is 2. The Morgan fingerprint density at radius 2 is 1.58 bits per heavy atom. The summed E-state index contributed by atoms with van der Waals surface area (Å²) in [6, 6.07) is 26.3. The van der Waals surface area contributed by atoms with Crippen LogP contribution in [0.1, 0.15) is 17.5 Å². The lowest BCUT2D eigenvalue weighted by Crippen LogP contribution is -2.18. The minimum absolute atomic E-state index is 0.570. The van der Waals surface area contributed by atoms with Gasteiger partial charge in [-0.2, -0.15) is 0 Å². The first-order valence-corrected chi connectivity index (χ1v) is 10.7. The van der Waals surface area contributed by atoms with E-state index in [2.05, 4.69) is 40.2 Å². The third-order valence-corrected chi connectivity index (χ3v) is 5.14. The summed E-state index contributed by atoms with van der Waals surface area (Å²) >= 11 is 5.39. The number of benzene rings is 3. The molecule has 0 aliphatic carbocycles. The predicted octanol–water partition coefficient (Wildman–Crippen LogP) is 5.96. The first kappa shape index (κ1) is 20.7. The number of ether oxygens (including phenoxy) is 1. The van der Waals surface area contributed by atoms with Gasteiger partial charge >= 0.3 is 0 Å². The molecule has 0 radical (unpaired) electrons. The van der Waals surface area contributed by atoms with Crippen molar-refractivity contribution in [2.24, 2.45) is 0 Å². The molecule has 0 fully saturated rings. The second-order valence-electron chi connectivity index (χ2n) is 7.18. The van der Waals surface area contributed by atoms with Crippen LogP contribution in [0.3, 0.4) is 0 Å². The van der Waals surface area contributed by atoms with Gasteiger partial charge in [0.1, 0.15) is 5.75 Å². The van der Waals surface area contributed by atoms with Crippen molar-refractivity contribution in [2.75, 3.05) is 17.2 Å². The predicted molar refractivity (Wildman–Crippen MR) is 133 cm³/mol. The maximum atomic E-state index is 6.12. The quantitative estimate of drug-likeness (QED) is 0.406. The van der Waals surface area contributed by atoms with E-state index >= 15 is 0 Å². The smallest absolute Gasteiger partial charge is 0.175 e. The highest BCUT2D eigenvalue weighted by atomic mass is 32.1. The minimum atomic E-state index is 0.570. The van der Waals surface area contributed by atoms with Crippen molar-refractivity contribution in [1.29, 1.82) is 0 Å². The number of thiocarbonyl (C=S) groups is 1. The molecule has 0 saturated heterocycles. The first-order valence-electron chi connectivity index (χ1n) is 10.3. The van der Waals surface area contributed by atoms with Crippen LogP contribution in [-0.2, 0) is 6.42 Å². The maximum Gasteiger partial charge on any atom is 0.175 e. The summed E-state index contributed by atoms with van der Waals surface area (Å²) in [7, 11) is 0. The molecule has 1 aliphatic heterocycles. The highest BCUT2D eigenvalue weighted by Gasteiger charge is 2.09. The molecule has 0 saturated carbocycles. The van der Waals surface area contributed by atoms with Crippen LogP contribution in [0.15, 0.2) is 97.3 Å². The van der Waals surface area contributed by atoms with E-state index in [1.165, 1.54) is 11.1 Å². The zero-order valence-corrected chi connectivity index (χ0v) is 18.0. The number of nitrogens with one attached hydrogen (secondary N) is 3. The average Bonchev–Trinajstić information content (AvgIpc) is 2.82. The molecule has 1 aliphatic rings. The molecule has 0 bridgehead atoms. The van der Waals surface area contributed by atoms with Crippen molar-refractivity contribution < 1.29 is 4.74 Å². The summed E-state index contributed by atoms with van der Waals surface area (Å²) in [4.78, 5) is 0. The number of allylic oxidation sites excluding steroid dienone is 2. The Morgan fingerprint density at radius 3 is 2.32 bits per heavy atom. The fraction of sp³-hybridized carbons (Fsp3) is 0.115. The van der Waals surface area contributed by atoms with Crippen LogP contribution >= 0.6 is 12.2 Å². The Balaban J connectivity index is 1.28. The maximum absolute atomic E-state index is 6.12. The summed E-state index contributed by atoms with van der Waals surface area (Å²) in [5.41, 5.74) is 5.50. The largest absolute Gasteiger partial charge is 0.493 e. The molecule has 0 atom stereocenters. The average molecular weight is 428 g/mol. The molecule has 3 aromatic carbocycles. The second kappa shape index (κ2) is 10.5. The van der Waals surface area contributed by atoms with Crippen molar-refractivity contribution in [3.8, 4) is 5.75 Å². The van der Waals surface area contributed by atoms with Gasteiger partial charge in [0.15, 0.2) is 5.11 Å². The molecular weight excluding hydrogens is 402 g/mol. The van der Waals surface area contributed by atoms with Crippen molar-refractivity contribution in [1.82, 2.24) is 5.32 Å². The van der Waals surface area contributed by atoms with Gasteiger partial charge in [0.2, 0.25) is 0 Å². The first-order chi connectivity index (χ1) is 15.3. The Morgan fingerprint density at radius 1 is 0.871 bits per heavy atom. The molecule has 1 heterocycles. The Kier molecular flexibility index (Phi) is 6.98. The van der Waals surface area contributed by atoms with Gasteiger partial charge in [0.05, 0.1) is 6.61 Å². The third kappa shape index (κ3) is 5.96. The minimum Gasteiger partial charge on any atom is -0.493 e. The second-order valence-corrected chi connectivity index (χ2v) is 7.59. The van der Waals surface area contributed by atoms with Crippen molar-refractivity contribution in [3.63, 3.8) is 0 Å². The van der Waals surface area contributed by atoms with Crippen LogP contribution in [0, 0.1) is 0 Å².